The van der Waals surface area contributed by atoms with E-state index in [4.69, 9.17) is 0 Å². The van der Waals surface area contributed by atoms with Gasteiger partial charge in [-0.25, -0.2) is 0 Å². The van der Waals surface area contributed by atoms with Crippen molar-refractivity contribution >= 4 is 0 Å². The highest BCUT2D eigenvalue weighted by molar-refractivity contribution is 5.03. The number of rotatable bonds is 7. The summed E-state index contributed by atoms with van der Waals surface area (Å²) in [4.78, 5) is 2.77. The van der Waals surface area contributed by atoms with Gasteiger partial charge in [0.25, 0.3) is 0 Å². The van der Waals surface area contributed by atoms with Crippen LogP contribution in [0.1, 0.15) is 74.1 Å². The van der Waals surface area contributed by atoms with E-state index in [9.17, 15) is 0 Å². The van der Waals surface area contributed by atoms with Gasteiger partial charge in [0.1, 0.15) is 0 Å². The fourth-order valence-electron chi connectivity index (χ4n) is 4.29. The Kier molecular flexibility index (Phi) is 6.31. The van der Waals surface area contributed by atoms with Crippen LogP contribution >= 0.6 is 0 Å². The van der Waals surface area contributed by atoms with Crippen molar-refractivity contribution in [2.75, 3.05) is 0 Å². The van der Waals surface area contributed by atoms with Crippen LogP contribution in [-0.2, 0) is 0 Å². The van der Waals surface area contributed by atoms with Gasteiger partial charge in [-0.15, -0.1) is 6.58 Å². The first-order valence-corrected chi connectivity index (χ1v) is 8.72. The van der Waals surface area contributed by atoms with Gasteiger partial charge in [0.05, 0.1) is 0 Å². The van der Waals surface area contributed by atoms with Gasteiger partial charge in [0.15, 0.2) is 0 Å². The van der Waals surface area contributed by atoms with E-state index in [0.29, 0.717) is 17.5 Å². The quantitative estimate of drug-likeness (QED) is 0.555. The van der Waals surface area contributed by atoms with Gasteiger partial charge in [0.2, 0.25) is 0 Å². The molecular formula is C19H37N. The molecule has 4 unspecified atom stereocenters. The third kappa shape index (κ3) is 3.47. The first-order chi connectivity index (χ1) is 9.32. The molecule has 0 aliphatic carbocycles. The van der Waals surface area contributed by atoms with Crippen molar-refractivity contribution in [3.8, 4) is 0 Å². The lowest BCUT2D eigenvalue weighted by molar-refractivity contribution is 0.135. The van der Waals surface area contributed by atoms with Gasteiger partial charge in [-0.3, -0.25) is 4.90 Å². The Balaban J connectivity index is 2.97. The lowest BCUT2D eigenvalue weighted by Gasteiger charge is -2.35. The molecule has 1 heterocycles. The molecule has 0 radical (unpaired) electrons. The zero-order chi connectivity index (χ0) is 15.5. The zero-order valence-corrected chi connectivity index (χ0v) is 14.9. The van der Waals surface area contributed by atoms with Crippen molar-refractivity contribution < 1.29 is 0 Å². The van der Waals surface area contributed by atoms with Gasteiger partial charge in [0, 0.05) is 18.1 Å². The van der Waals surface area contributed by atoms with Crippen LogP contribution in [0.2, 0.25) is 0 Å². The molecule has 1 fully saturated rings. The van der Waals surface area contributed by atoms with E-state index in [-0.39, 0.29) is 0 Å². The first kappa shape index (κ1) is 17.8. The number of likely N-dealkylation sites (tertiary alicyclic amines) is 1. The molecular weight excluding hydrogens is 242 g/mol. The first-order valence-electron chi connectivity index (χ1n) is 8.72. The van der Waals surface area contributed by atoms with E-state index in [1.54, 1.807) is 0 Å². The highest BCUT2D eigenvalue weighted by Crippen LogP contribution is 2.45. The molecule has 1 aliphatic heterocycles. The summed E-state index contributed by atoms with van der Waals surface area (Å²) in [6.45, 7) is 20.9. The van der Waals surface area contributed by atoms with E-state index < -0.39 is 0 Å². The average Bonchev–Trinajstić information content (AvgIpc) is 2.65. The number of hydrogen-bond acceptors (Lipinski definition) is 1. The number of hydrogen-bond donors (Lipinski definition) is 0. The van der Waals surface area contributed by atoms with Crippen LogP contribution in [-0.4, -0.2) is 23.0 Å². The SMILES string of the molecule is C=CC(CC)N1C(C)C(CC(C)(C)CC)[C@@H](C)C1CC. The second kappa shape index (κ2) is 7.11. The Morgan fingerprint density at radius 1 is 1.20 bits per heavy atom. The van der Waals surface area contributed by atoms with Crippen LogP contribution in [0, 0.1) is 17.3 Å². The Labute approximate surface area is 127 Å². The van der Waals surface area contributed by atoms with Gasteiger partial charge in [-0.2, -0.15) is 0 Å². The molecule has 1 rings (SSSR count). The molecule has 0 N–H and O–H groups in total. The van der Waals surface area contributed by atoms with Gasteiger partial charge in [-0.05, 0) is 43.4 Å². The molecule has 0 saturated carbocycles. The summed E-state index contributed by atoms with van der Waals surface area (Å²) in [5.74, 6) is 1.62. The van der Waals surface area contributed by atoms with E-state index in [2.05, 4.69) is 66.0 Å². The predicted molar refractivity (Wildman–Crippen MR) is 91.0 cm³/mol. The van der Waals surface area contributed by atoms with Crippen LogP contribution in [0.3, 0.4) is 0 Å². The molecule has 1 saturated heterocycles. The minimum atomic E-state index is 0.470. The Morgan fingerprint density at radius 3 is 2.20 bits per heavy atom. The Morgan fingerprint density at radius 2 is 1.80 bits per heavy atom. The maximum atomic E-state index is 4.08. The van der Waals surface area contributed by atoms with Crippen LogP contribution < -0.4 is 0 Å². The molecule has 1 nitrogen and oxygen atoms in total. The molecule has 5 atom stereocenters. The highest BCUT2D eigenvalue weighted by Gasteiger charge is 2.46. The summed E-state index contributed by atoms with van der Waals surface area (Å²) >= 11 is 0. The van der Waals surface area contributed by atoms with E-state index in [0.717, 1.165) is 17.9 Å². The largest absolute Gasteiger partial charge is 0.291 e. The molecule has 0 bridgehead atoms. The van der Waals surface area contributed by atoms with Crippen molar-refractivity contribution in [1.82, 2.24) is 4.90 Å². The standard InChI is InChI=1S/C19H37N/c1-9-16(10-2)20-15(6)17(13-19(7,8)12-4)14(5)18(20)11-3/h9,14-18H,1,10-13H2,2-8H3/t14-,15?,16?,17?,18?/m1/s1. The van der Waals surface area contributed by atoms with Crippen molar-refractivity contribution in [2.45, 2.75) is 92.3 Å². The molecule has 0 aromatic heterocycles. The Bertz CT molecular complexity index is 307. The van der Waals surface area contributed by atoms with Crippen molar-refractivity contribution in [1.29, 1.82) is 0 Å². The molecule has 0 aromatic carbocycles. The molecule has 0 amide bonds. The van der Waals surface area contributed by atoms with Crippen molar-refractivity contribution in [2.24, 2.45) is 17.3 Å². The summed E-state index contributed by atoms with van der Waals surface area (Å²) in [6, 6.07) is 1.96. The lowest BCUT2D eigenvalue weighted by Crippen LogP contribution is -2.43. The minimum Gasteiger partial charge on any atom is -0.291 e. The second-order valence-corrected chi connectivity index (χ2v) is 7.62. The number of nitrogens with zero attached hydrogens (tertiary/aromatic N) is 1. The fraction of sp³-hybridized carbons (Fsp3) is 0.895. The topological polar surface area (TPSA) is 3.24 Å². The van der Waals surface area contributed by atoms with Crippen LogP contribution in [0.25, 0.3) is 0 Å². The highest BCUT2D eigenvalue weighted by atomic mass is 15.2. The summed E-state index contributed by atoms with van der Waals surface area (Å²) in [7, 11) is 0. The minimum absolute atomic E-state index is 0.470. The maximum Gasteiger partial charge on any atom is 0.0278 e. The third-order valence-electron chi connectivity index (χ3n) is 5.99. The smallest absolute Gasteiger partial charge is 0.0278 e. The molecule has 0 spiro atoms. The fourth-order valence-corrected chi connectivity index (χ4v) is 4.29. The maximum absolute atomic E-state index is 4.08. The normalized spacial score (nSPS) is 33.4. The summed E-state index contributed by atoms with van der Waals surface area (Å²) < 4.78 is 0. The zero-order valence-electron chi connectivity index (χ0n) is 14.9. The van der Waals surface area contributed by atoms with E-state index in [1.807, 2.05) is 0 Å². The van der Waals surface area contributed by atoms with Crippen LogP contribution in [0.15, 0.2) is 12.7 Å². The van der Waals surface area contributed by atoms with E-state index >= 15 is 0 Å². The molecule has 118 valence electrons. The summed E-state index contributed by atoms with van der Waals surface area (Å²) in [5, 5.41) is 0. The van der Waals surface area contributed by atoms with Crippen molar-refractivity contribution in [3.63, 3.8) is 0 Å². The predicted octanol–water partition coefficient (Wildman–Crippen LogP) is 5.51. The monoisotopic (exact) mass is 279 g/mol. The molecule has 1 heteroatoms. The van der Waals surface area contributed by atoms with Gasteiger partial charge < -0.3 is 0 Å². The third-order valence-corrected chi connectivity index (χ3v) is 5.99. The van der Waals surface area contributed by atoms with Gasteiger partial charge in [-0.1, -0.05) is 54.0 Å². The second-order valence-electron chi connectivity index (χ2n) is 7.62. The van der Waals surface area contributed by atoms with Crippen LogP contribution in [0.4, 0.5) is 0 Å². The Hall–Kier alpha value is -0.300. The van der Waals surface area contributed by atoms with Crippen molar-refractivity contribution in [3.05, 3.63) is 12.7 Å². The van der Waals surface area contributed by atoms with Crippen LogP contribution in [0.5, 0.6) is 0 Å². The van der Waals surface area contributed by atoms with E-state index in [1.165, 1.54) is 25.7 Å². The average molecular weight is 280 g/mol. The summed E-state index contributed by atoms with van der Waals surface area (Å²) in [6.07, 6.45) is 7.24. The lowest BCUT2D eigenvalue weighted by atomic mass is 9.74. The molecule has 1 aliphatic rings. The summed E-state index contributed by atoms with van der Waals surface area (Å²) in [5.41, 5.74) is 0.470. The molecule has 0 aromatic rings. The van der Waals surface area contributed by atoms with Gasteiger partial charge >= 0.3 is 0 Å². The molecule has 20 heavy (non-hydrogen) atoms.